The van der Waals surface area contributed by atoms with Gasteiger partial charge in [-0.1, -0.05) is 0 Å². The number of amides is 1. The molecule has 1 N–H and O–H groups in total. The Kier molecular flexibility index (Phi) is 5.89. The van der Waals surface area contributed by atoms with Crippen molar-refractivity contribution in [3.8, 4) is 0 Å². The number of fused-ring (bicyclic) bond motifs is 4. The molecule has 2 bridgehead atoms. The average molecular weight is 374 g/mol. The molecule has 0 saturated carbocycles. The Morgan fingerprint density at radius 1 is 1.35 bits per heavy atom. The lowest BCUT2D eigenvalue weighted by molar-refractivity contribution is 0.0216. The largest absolute Gasteiger partial charge is 0.346 e. The summed E-state index contributed by atoms with van der Waals surface area (Å²) in [5.74, 6) is 0.593. The van der Waals surface area contributed by atoms with E-state index >= 15 is 0 Å². The first-order valence-corrected chi connectivity index (χ1v) is 8.48. The number of pyridine rings is 1. The van der Waals surface area contributed by atoms with Gasteiger partial charge in [0.25, 0.3) is 5.91 Å². The Bertz CT molecular complexity index is 683. The SMILES string of the molecule is C[C@@H]1[C@H](NC(=O)c2cc3sccc3cn2)C2CCN1CC2.Cl.Cl. The van der Waals surface area contributed by atoms with Crippen LogP contribution in [0.3, 0.4) is 0 Å². The van der Waals surface area contributed by atoms with E-state index in [9.17, 15) is 4.79 Å². The van der Waals surface area contributed by atoms with Gasteiger partial charge in [0, 0.05) is 28.4 Å². The lowest BCUT2D eigenvalue weighted by Crippen LogP contribution is -2.62. The number of hydrogen-bond donors (Lipinski definition) is 1. The van der Waals surface area contributed by atoms with Crippen LogP contribution < -0.4 is 5.32 Å². The van der Waals surface area contributed by atoms with Crippen molar-refractivity contribution in [3.05, 3.63) is 29.4 Å². The third-order valence-electron chi connectivity index (χ3n) is 5.05. The van der Waals surface area contributed by atoms with Gasteiger partial charge in [-0.15, -0.1) is 36.2 Å². The van der Waals surface area contributed by atoms with Gasteiger partial charge in [-0.05, 0) is 56.3 Å². The summed E-state index contributed by atoms with van der Waals surface area (Å²) in [4.78, 5) is 19.3. The molecule has 0 aliphatic carbocycles. The Balaban J connectivity index is 0.000000960. The molecule has 3 aliphatic rings. The Labute approximate surface area is 152 Å². The predicted molar refractivity (Wildman–Crippen MR) is 99.1 cm³/mol. The fourth-order valence-electron chi connectivity index (χ4n) is 3.75. The second-order valence-corrected chi connectivity index (χ2v) is 7.09. The van der Waals surface area contributed by atoms with E-state index in [0.29, 0.717) is 17.7 Å². The molecule has 23 heavy (non-hydrogen) atoms. The number of halogens is 2. The van der Waals surface area contributed by atoms with Crippen LogP contribution in [0.1, 0.15) is 30.3 Å². The summed E-state index contributed by atoms with van der Waals surface area (Å²) in [5.41, 5.74) is 0.536. The highest BCUT2D eigenvalue weighted by Crippen LogP contribution is 2.32. The normalized spacial score (nSPS) is 28.7. The second-order valence-electron chi connectivity index (χ2n) is 6.14. The molecule has 1 amide bonds. The van der Waals surface area contributed by atoms with Gasteiger partial charge in [0.15, 0.2) is 0 Å². The number of nitrogens with one attached hydrogen (secondary N) is 1. The number of aromatic nitrogens is 1. The molecule has 2 atom stereocenters. The van der Waals surface area contributed by atoms with Gasteiger partial charge in [0.05, 0.1) is 0 Å². The van der Waals surface area contributed by atoms with Crippen LogP contribution in [0.5, 0.6) is 0 Å². The molecule has 2 aromatic heterocycles. The van der Waals surface area contributed by atoms with Crippen molar-refractivity contribution in [2.24, 2.45) is 5.92 Å². The number of carbonyl (C=O) groups excluding carboxylic acids is 1. The highest BCUT2D eigenvalue weighted by molar-refractivity contribution is 7.17. The van der Waals surface area contributed by atoms with Gasteiger partial charge < -0.3 is 5.32 Å². The van der Waals surface area contributed by atoms with E-state index in [1.165, 1.54) is 25.9 Å². The maximum Gasteiger partial charge on any atom is 0.270 e. The van der Waals surface area contributed by atoms with Crippen LogP contribution in [0.2, 0.25) is 0 Å². The summed E-state index contributed by atoms with van der Waals surface area (Å²) in [6, 6.07) is 4.64. The van der Waals surface area contributed by atoms with Crippen LogP contribution in [0.15, 0.2) is 23.7 Å². The summed E-state index contributed by atoms with van der Waals surface area (Å²) in [6.45, 7) is 4.58. The van der Waals surface area contributed by atoms with E-state index in [1.54, 1.807) is 17.5 Å². The van der Waals surface area contributed by atoms with Crippen LogP contribution in [-0.2, 0) is 0 Å². The fraction of sp³-hybridized carbons (Fsp3) is 0.500. The second kappa shape index (κ2) is 7.34. The molecule has 0 radical (unpaired) electrons. The zero-order valence-corrected chi connectivity index (χ0v) is 15.3. The fourth-order valence-corrected chi connectivity index (χ4v) is 4.55. The van der Waals surface area contributed by atoms with Crippen LogP contribution in [-0.4, -0.2) is 41.0 Å². The number of carbonyl (C=O) groups is 1. The maximum atomic E-state index is 12.5. The van der Waals surface area contributed by atoms with Gasteiger partial charge in [-0.3, -0.25) is 14.7 Å². The van der Waals surface area contributed by atoms with E-state index < -0.39 is 0 Å². The molecular formula is C16H21Cl2N3OS. The van der Waals surface area contributed by atoms with Gasteiger partial charge >= 0.3 is 0 Å². The van der Waals surface area contributed by atoms with Crippen molar-refractivity contribution in [2.75, 3.05) is 13.1 Å². The summed E-state index contributed by atoms with van der Waals surface area (Å²) in [7, 11) is 0. The molecule has 5 heterocycles. The van der Waals surface area contributed by atoms with Crippen LogP contribution in [0.4, 0.5) is 0 Å². The number of hydrogen-bond acceptors (Lipinski definition) is 4. The predicted octanol–water partition coefficient (Wildman–Crippen LogP) is 3.35. The molecule has 3 fully saturated rings. The van der Waals surface area contributed by atoms with Crippen molar-refractivity contribution in [2.45, 2.75) is 31.8 Å². The Morgan fingerprint density at radius 2 is 2.09 bits per heavy atom. The van der Waals surface area contributed by atoms with E-state index in [0.717, 1.165) is 10.1 Å². The molecule has 2 aromatic rings. The van der Waals surface area contributed by atoms with Gasteiger partial charge in [-0.25, -0.2) is 0 Å². The molecule has 5 rings (SSSR count). The lowest BCUT2D eigenvalue weighted by Gasteiger charge is -2.49. The van der Waals surface area contributed by atoms with Crippen molar-refractivity contribution in [1.29, 1.82) is 0 Å². The monoisotopic (exact) mass is 373 g/mol. The van der Waals surface area contributed by atoms with Crippen LogP contribution in [0.25, 0.3) is 10.1 Å². The minimum absolute atomic E-state index is 0. The molecule has 126 valence electrons. The molecular weight excluding hydrogens is 353 g/mol. The highest BCUT2D eigenvalue weighted by Gasteiger charge is 2.40. The summed E-state index contributed by atoms with van der Waals surface area (Å²) < 4.78 is 1.12. The van der Waals surface area contributed by atoms with E-state index in [4.69, 9.17) is 0 Å². The quantitative estimate of drug-likeness (QED) is 0.877. The third kappa shape index (κ3) is 3.33. The van der Waals surface area contributed by atoms with E-state index in [-0.39, 0.29) is 36.8 Å². The zero-order chi connectivity index (χ0) is 14.4. The van der Waals surface area contributed by atoms with Gasteiger partial charge in [0.1, 0.15) is 5.69 Å². The third-order valence-corrected chi connectivity index (χ3v) is 5.93. The first-order valence-electron chi connectivity index (χ1n) is 7.60. The smallest absolute Gasteiger partial charge is 0.270 e. The summed E-state index contributed by atoms with van der Waals surface area (Å²) >= 11 is 1.65. The Morgan fingerprint density at radius 3 is 2.78 bits per heavy atom. The lowest BCUT2D eigenvalue weighted by atomic mass is 9.79. The number of rotatable bonds is 2. The molecule has 0 aromatic carbocycles. The minimum Gasteiger partial charge on any atom is -0.346 e. The highest BCUT2D eigenvalue weighted by atomic mass is 35.5. The van der Waals surface area contributed by atoms with Crippen LogP contribution in [0, 0.1) is 5.92 Å². The molecule has 0 spiro atoms. The topological polar surface area (TPSA) is 45.2 Å². The number of thiophene rings is 1. The maximum absolute atomic E-state index is 12.5. The summed E-state index contributed by atoms with van der Waals surface area (Å²) in [6.07, 6.45) is 4.19. The first kappa shape index (κ1) is 18.5. The van der Waals surface area contributed by atoms with E-state index in [2.05, 4.69) is 22.1 Å². The number of piperidine rings is 3. The molecule has 4 nitrogen and oxygen atoms in total. The standard InChI is InChI=1S/C16H19N3OS.2ClH/c1-10-15(11-2-5-19(10)6-3-11)18-16(20)13-8-14-12(9-17-13)4-7-21-14;;/h4,7-11,15H,2-3,5-6H2,1H3,(H,18,20);2*1H/t10-,15+;;/m1../s1. The molecule has 0 unspecified atom stereocenters. The van der Waals surface area contributed by atoms with Crippen molar-refractivity contribution < 1.29 is 4.79 Å². The van der Waals surface area contributed by atoms with E-state index in [1.807, 2.05) is 17.5 Å². The van der Waals surface area contributed by atoms with Gasteiger partial charge in [0.2, 0.25) is 0 Å². The van der Waals surface area contributed by atoms with Crippen molar-refractivity contribution in [3.63, 3.8) is 0 Å². The molecule has 3 saturated heterocycles. The Hall–Kier alpha value is -0.880. The average Bonchev–Trinajstić information content (AvgIpc) is 2.98. The van der Waals surface area contributed by atoms with Crippen molar-refractivity contribution in [1.82, 2.24) is 15.2 Å². The zero-order valence-electron chi connectivity index (χ0n) is 12.9. The van der Waals surface area contributed by atoms with Gasteiger partial charge in [-0.2, -0.15) is 0 Å². The molecule has 3 aliphatic heterocycles. The number of nitrogens with zero attached hydrogens (tertiary/aromatic N) is 2. The van der Waals surface area contributed by atoms with Crippen molar-refractivity contribution >= 4 is 52.1 Å². The minimum atomic E-state index is -0.0316. The molecule has 7 heteroatoms. The first-order chi connectivity index (χ1) is 10.2. The summed E-state index contributed by atoms with van der Waals surface area (Å²) in [5, 5.41) is 6.37. The van der Waals surface area contributed by atoms with Crippen LogP contribution >= 0.6 is 36.2 Å².